The fourth-order valence-electron chi connectivity index (χ4n) is 1.77. The Morgan fingerprint density at radius 2 is 1.95 bits per heavy atom. The lowest BCUT2D eigenvalue weighted by Crippen LogP contribution is -2.08. The van der Waals surface area contributed by atoms with E-state index in [1.807, 2.05) is 18.2 Å². The molecule has 5 heteroatoms. The molecule has 1 aromatic carbocycles. The second-order valence-electron chi connectivity index (χ2n) is 4.89. The van der Waals surface area contributed by atoms with E-state index in [1.165, 1.54) is 6.26 Å². The molecule has 1 aromatic rings. The van der Waals surface area contributed by atoms with Gasteiger partial charge in [-0.2, -0.15) is 0 Å². The molecule has 0 aliphatic heterocycles. The summed E-state index contributed by atoms with van der Waals surface area (Å²) < 4.78 is 32.8. The van der Waals surface area contributed by atoms with Crippen LogP contribution in [0.5, 0.6) is 11.5 Å². The number of hydrogen-bond donors (Lipinski definition) is 0. The van der Waals surface area contributed by atoms with Gasteiger partial charge in [0.25, 0.3) is 0 Å². The summed E-state index contributed by atoms with van der Waals surface area (Å²) in [5, 5.41) is 0. The molecule has 0 amide bonds. The minimum Gasteiger partial charge on any atom is -0.496 e. The van der Waals surface area contributed by atoms with Crippen molar-refractivity contribution >= 4 is 9.84 Å². The third-order valence-corrected chi connectivity index (χ3v) is 3.79. The van der Waals surface area contributed by atoms with Crippen molar-refractivity contribution in [2.45, 2.75) is 26.2 Å². The zero-order valence-electron chi connectivity index (χ0n) is 12.0. The Morgan fingerprint density at radius 3 is 2.47 bits per heavy atom. The van der Waals surface area contributed by atoms with Gasteiger partial charge < -0.3 is 9.47 Å². The van der Waals surface area contributed by atoms with Crippen LogP contribution in [0.25, 0.3) is 0 Å². The van der Waals surface area contributed by atoms with Crippen LogP contribution in [0.2, 0.25) is 0 Å². The van der Waals surface area contributed by atoms with Gasteiger partial charge in [0.2, 0.25) is 0 Å². The molecular formula is C14H22O4S. The Hall–Kier alpha value is -1.23. The summed E-state index contributed by atoms with van der Waals surface area (Å²) in [7, 11) is -1.28. The van der Waals surface area contributed by atoms with Crippen molar-refractivity contribution in [2.75, 3.05) is 25.7 Å². The number of ether oxygens (including phenoxy) is 2. The van der Waals surface area contributed by atoms with Crippen LogP contribution in [0.4, 0.5) is 0 Å². The molecule has 4 nitrogen and oxygen atoms in total. The molecule has 108 valence electrons. The standard InChI is InChI=1S/C14H22O4S/c1-11(2)13-7-6-12(10-14(13)17-3)18-8-5-9-19(4,15)16/h6-7,10-11H,5,8-9H2,1-4H3. The molecule has 0 spiro atoms. The van der Waals surface area contributed by atoms with Crippen LogP contribution < -0.4 is 9.47 Å². The van der Waals surface area contributed by atoms with Gasteiger partial charge >= 0.3 is 0 Å². The summed E-state index contributed by atoms with van der Waals surface area (Å²) in [6.45, 7) is 4.59. The molecule has 0 fully saturated rings. The predicted octanol–water partition coefficient (Wildman–Crippen LogP) is 2.63. The molecule has 1 rings (SSSR count). The highest BCUT2D eigenvalue weighted by Gasteiger charge is 2.09. The monoisotopic (exact) mass is 286 g/mol. The van der Waals surface area contributed by atoms with E-state index in [0.717, 1.165) is 11.3 Å². The average molecular weight is 286 g/mol. The third kappa shape index (κ3) is 5.51. The highest BCUT2D eigenvalue weighted by Crippen LogP contribution is 2.30. The molecule has 0 N–H and O–H groups in total. The van der Waals surface area contributed by atoms with E-state index in [-0.39, 0.29) is 5.75 Å². The Labute approximate surface area is 115 Å². The summed E-state index contributed by atoms with van der Waals surface area (Å²) in [4.78, 5) is 0. The maximum absolute atomic E-state index is 11.0. The van der Waals surface area contributed by atoms with Crippen LogP contribution in [0.1, 0.15) is 31.7 Å². The zero-order chi connectivity index (χ0) is 14.5. The molecule has 0 saturated carbocycles. The van der Waals surface area contributed by atoms with Gasteiger partial charge in [-0.05, 0) is 24.0 Å². The third-order valence-electron chi connectivity index (χ3n) is 2.76. The number of methoxy groups -OCH3 is 1. The maximum Gasteiger partial charge on any atom is 0.147 e. The molecule has 0 bridgehead atoms. The van der Waals surface area contributed by atoms with Crippen LogP contribution in [0.15, 0.2) is 18.2 Å². The quantitative estimate of drug-likeness (QED) is 0.723. The maximum atomic E-state index is 11.0. The summed E-state index contributed by atoms with van der Waals surface area (Å²) in [5.74, 6) is 2.04. The summed E-state index contributed by atoms with van der Waals surface area (Å²) in [6.07, 6.45) is 1.72. The average Bonchev–Trinajstić information content (AvgIpc) is 2.33. The number of hydrogen-bond acceptors (Lipinski definition) is 4. The first kappa shape index (κ1) is 15.8. The molecule has 0 aliphatic rings. The minimum absolute atomic E-state index is 0.147. The van der Waals surface area contributed by atoms with E-state index < -0.39 is 9.84 Å². The van der Waals surface area contributed by atoms with Crippen molar-refractivity contribution < 1.29 is 17.9 Å². The Morgan fingerprint density at radius 1 is 1.26 bits per heavy atom. The summed E-state index contributed by atoms with van der Waals surface area (Å²) >= 11 is 0. The Balaban J connectivity index is 2.60. The zero-order valence-corrected chi connectivity index (χ0v) is 12.8. The van der Waals surface area contributed by atoms with E-state index >= 15 is 0 Å². The van der Waals surface area contributed by atoms with Gasteiger partial charge in [-0.3, -0.25) is 0 Å². The Bertz CT molecular complexity index is 506. The van der Waals surface area contributed by atoms with Crippen LogP contribution in [0, 0.1) is 0 Å². The molecular weight excluding hydrogens is 264 g/mol. The second kappa shape index (κ2) is 6.80. The van der Waals surface area contributed by atoms with Crippen molar-refractivity contribution in [2.24, 2.45) is 0 Å². The van der Waals surface area contributed by atoms with Crippen molar-refractivity contribution in [1.82, 2.24) is 0 Å². The molecule has 0 aromatic heterocycles. The van der Waals surface area contributed by atoms with Gasteiger partial charge in [0, 0.05) is 12.3 Å². The first-order valence-electron chi connectivity index (χ1n) is 6.32. The van der Waals surface area contributed by atoms with Crippen LogP contribution in [0.3, 0.4) is 0 Å². The van der Waals surface area contributed by atoms with E-state index in [9.17, 15) is 8.42 Å². The fourth-order valence-corrected chi connectivity index (χ4v) is 2.41. The highest BCUT2D eigenvalue weighted by molar-refractivity contribution is 7.90. The highest BCUT2D eigenvalue weighted by atomic mass is 32.2. The second-order valence-corrected chi connectivity index (χ2v) is 7.15. The normalized spacial score (nSPS) is 11.6. The lowest BCUT2D eigenvalue weighted by molar-refractivity contribution is 0.314. The fraction of sp³-hybridized carbons (Fsp3) is 0.571. The number of rotatable bonds is 7. The van der Waals surface area contributed by atoms with Gasteiger partial charge in [-0.25, -0.2) is 8.42 Å². The van der Waals surface area contributed by atoms with Crippen molar-refractivity contribution in [3.8, 4) is 11.5 Å². The molecule has 19 heavy (non-hydrogen) atoms. The molecule has 0 aliphatic carbocycles. The molecule has 0 heterocycles. The van der Waals surface area contributed by atoms with E-state index in [0.29, 0.717) is 24.7 Å². The Kier molecular flexibility index (Phi) is 5.66. The minimum atomic E-state index is -2.91. The van der Waals surface area contributed by atoms with Crippen LogP contribution >= 0.6 is 0 Å². The predicted molar refractivity (Wildman–Crippen MR) is 76.9 cm³/mol. The smallest absolute Gasteiger partial charge is 0.147 e. The van der Waals surface area contributed by atoms with E-state index in [2.05, 4.69) is 13.8 Å². The molecule has 0 radical (unpaired) electrons. The largest absolute Gasteiger partial charge is 0.496 e. The van der Waals surface area contributed by atoms with E-state index in [1.54, 1.807) is 7.11 Å². The molecule has 0 unspecified atom stereocenters. The molecule has 0 saturated heterocycles. The first-order valence-corrected chi connectivity index (χ1v) is 8.38. The number of benzene rings is 1. The van der Waals surface area contributed by atoms with Gasteiger partial charge in [0.05, 0.1) is 19.5 Å². The topological polar surface area (TPSA) is 52.6 Å². The number of sulfone groups is 1. The van der Waals surface area contributed by atoms with Gasteiger partial charge in [-0.15, -0.1) is 0 Å². The van der Waals surface area contributed by atoms with Crippen molar-refractivity contribution in [1.29, 1.82) is 0 Å². The SMILES string of the molecule is COc1cc(OCCCS(C)(=O)=O)ccc1C(C)C. The van der Waals surface area contributed by atoms with Gasteiger partial charge in [0.1, 0.15) is 21.3 Å². The van der Waals surface area contributed by atoms with Crippen LogP contribution in [-0.2, 0) is 9.84 Å². The van der Waals surface area contributed by atoms with E-state index in [4.69, 9.17) is 9.47 Å². The first-order chi connectivity index (χ1) is 8.83. The molecule has 0 atom stereocenters. The lowest BCUT2D eigenvalue weighted by Gasteiger charge is -2.13. The summed E-state index contributed by atoms with van der Waals surface area (Å²) in [6, 6.07) is 5.71. The lowest BCUT2D eigenvalue weighted by atomic mass is 10.0. The van der Waals surface area contributed by atoms with Gasteiger partial charge in [0.15, 0.2) is 0 Å². The van der Waals surface area contributed by atoms with Gasteiger partial charge in [-0.1, -0.05) is 19.9 Å². The summed E-state index contributed by atoms with van der Waals surface area (Å²) in [5.41, 5.74) is 1.13. The van der Waals surface area contributed by atoms with Crippen molar-refractivity contribution in [3.63, 3.8) is 0 Å². The van der Waals surface area contributed by atoms with Crippen molar-refractivity contribution in [3.05, 3.63) is 23.8 Å². The van der Waals surface area contributed by atoms with Crippen LogP contribution in [-0.4, -0.2) is 34.1 Å².